The third kappa shape index (κ3) is 3.89. The molecule has 1 aliphatic rings. The van der Waals surface area contributed by atoms with Crippen LogP contribution in [-0.4, -0.2) is 12.5 Å². The van der Waals surface area contributed by atoms with Crippen molar-refractivity contribution < 1.29 is 13.9 Å². The smallest absolute Gasteiger partial charge is 0.295 e. The number of hydrogen-bond donors (Lipinski definition) is 0. The summed E-state index contributed by atoms with van der Waals surface area (Å²) in [6, 6.07) is 18.7. The van der Waals surface area contributed by atoms with E-state index in [1.54, 1.807) is 4.90 Å². The van der Waals surface area contributed by atoms with Crippen molar-refractivity contribution in [3.05, 3.63) is 104 Å². The number of rotatable bonds is 4. The highest BCUT2D eigenvalue weighted by Gasteiger charge is 2.43. The van der Waals surface area contributed by atoms with Gasteiger partial charge in [0.25, 0.3) is 5.91 Å². The average Bonchev–Trinajstić information content (AvgIpc) is 3.13. The lowest BCUT2D eigenvalue weighted by Gasteiger charge is -2.26. The fourth-order valence-corrected chi connectivity index (χ4v) is 4.84. The van der Waals surface area contributed by atoms with Crippen molar-refractivity contribution in [2.75, 3.05) is 11.5 Å². The van der Waals surface area contributed by atoms with Crippen LogP contribution in [0.15, 0.2) is 69.9 Å². The number of nitrogens with zero attached hydrogens (tertiary/aromatic N) is 1. The molecule has 0 aliphatic carbocycles. The highest BCUT2D eigenvalue weighted by molar-refractivity contribution is 6.10. The summed E-state index contributed by atoms with van der Waals surface area (Å²) >= 11 is 0. The minimum atomic E-state index is -0.596. The number of ether oxygens (including phenoxy) is 1. The second-order valence-electron chi connectivity index (χ2n) is 10.5. The number of fused-ring (bicyclic) bond motifs is 2. The molecule has 0 N–H and O–H groups in total. The Balaban J connectivity index is 1.73. The maximum atomic E-state index is 13.9. The molecule has 1 aliphatic heterocycles. The first-order valence-electron chi connectivity index (χ1n) is 12.3. The molecule has 1 aromatic heterocycles. The first kappa shape index (κ1) is 23.9. The molecular formula is C31H31NO4. The van der Waals surface area contributed by atoms with Crippen molar-refractivity contribution in [1.29, 1.82) is 0 Å². The molecule has 184 valence electrons. The van der Waals surface area contributed by atoms with Crippen molar-refractivity contribution in [2.24, 2.45) is 0 Å². The van der Waals surface area contributed by atoms with E-state index in [-0.39, 0.29) is 22.5 Å². The highest BCUT2D eigenvalue weighted by atomic mass is 16.5. The van der Waals surface area contributed by atoms with Gasteiger partial charge in [0.2, 0.25) is 5.76 Å². The van der Waals surface area contributed by atoms with E-state index < -0.39 is 6.04 Å². The molecule has 36 heavy (non-hydrogen) atoms. The number of aryl methyl sites for hydroxylation is 2. The number of hydrogen-bond acceptors (Lipinski definition) is 4. The predicted octanol–water partition coefficient (Wildman–Crippen LogP) is 6.86. The highest BCUT2D eigenvalue weighted by Crippen LogP contribution is 2.42. The van der Waals surface area contributed by atoms with E-state index in [9.17, 15) is 9.59 Å². The number of benzene rings is 3. The Kier molecular flexibility index (Phi) is 5.74. The Labute approximate surface area is 211 Å². The molecule has 5 nitrogen and oxygen atoms in total. The van der Waals surface area contributed by atoms with Gasteiger partial charge in [-0.3, -0.25) is 14.5 Å². The Hall–Kier alpha value is -3.86. The molecule has 1 amide bonds. The number of carbonyl (C=O) groups excluding carboxylic acids is 1. The van der Waals surface area contributed by atoms with Crippen LogP contribution in [0.1, 0.15) is 72.1 Å². The van der Waals surface area contributed by atoms with Crippen LogP contribution < -0.4 is 15.1 Å². The zero-order chi connectivity index (χ0) is 25.8. The third-order valence-electron chi connectivity index (χ3n) is 7.00. The summed E-state index contributed by atoms with van der Waals surface area (Å²) < 4.78 is 11.8. The fourth-order valence-electron chi connectivity index (χ4n) is 4.84. The average molecular weight is 482 g/mol. The molecule has 0 saturated carbocycles. The van der Waals surface area contributed by atoms with Gasteiger partial charge in [-0.1, -0.05) is 45.0 Å². The molecule has 0 fully saturated rings. The Morgan fingerprint density at radius 3 is 2.17 bits per heavy atom. The van der Waals surface area contributed by atoms with Gasteiger partial charge in [0.05, 0.1) is 23.6 Å². The molecule has 4 aromatic rings. The first-order valence-corrected chi connectivity index (χ1v) is 12.3. The molecule has 0 bridgehead atoms. The molecule has 2 heterocycles. The summed E-state index contributed by atoms with van der Waals surface area (Å²) in [5, 5.41) is 0.495. The molecule has 0 radical (unpaired) electrons. The second kappa shape index (κ2) is 8.66. The zero-order valence-corrected chi connectivity index (χ0v) is 21.6. The number of carbonyl (C=O) groups is 1. The molecule has 1 unspecified atom stereocenters. The lowest BCUT2D eigenvalue weighted by atomic mass is 9.85. The monoisotopic (exact) mass is 481 g/mol. The number of anilines is 1. The van der Waals surface area contributed by atoms with E-state index in [4.69, 9.17) is 9.15 Å². The minimum absolute atomic E-state index is 0.0126. The van der Waals surface area contributed by atoms with Crippen LogP contribution in [0, 0.1) is 13.8 Å². The summed E-state index contributed by atoms with van der Waals surface area (Å²) in [5.74, 6) is 0.508. The van der Waals surface area contributed by atoms with Crippen LogP contribution in [0.3, 0.4) is 0 Å². The van der Waals surface area contributed by atoms with Crippen LogP contribution >= 0.6 is 0 Å². The molecule has 0 saturated heterocycles. The van der Waals surface area contributed by atoms with E-state index >= 15 is 0 Å². The van der Waals surface area contributed by atoms with Crippen LogP contribution in [0.5, 0.6) is 5.75 Å². The third-order valence-corrected chi connectivity index (χ3v) is 7.00. The largest absolute Gasteiger partial charge is 0.494 e. The van der Waals surface area contributed by atoms with Gasteiger partial charge >= 0.3 is 0 Å². The summed E-state index contributed by atoms with van der Waals surface area (Å²) in [5.41, 5.74) is 5.37. The van der Waals surface area contributed by atoms with Crippen molar-refractivity contribution in [2.45, 2.75) is 53.0 Å². The summed E-state index contributed by atoms with van der Waals surface area (Å²) in [7, 11) is 0. The van der Waals surface area contributed by atoms with Crippen molar-refractivity contribution in [1.82, 2.24) is 0 Å². The quantitative estimate of drug-likeness (QED) is 0.320. The van der Waals surface area contributed by atoms with Gasteiger partial charge in [-0.05, 0) is 84.8 Å². The van der Waals surface area contributed by atoms with Gasteiger partial charge in [0, 0.05) is 5.69 Å². The van der Waals surface area contributed by atoms with Gasteiger partial charge < -0.3 is 9.15 Å². The topological polar surface area (TPSA) is 59.8 Å². The molecule has 0 spiro atoms. The maximum Gasteiger partial charge on any atom is 0.295 e. The zero-order valence-electron chi connectivity index (χ0n) is 21.6. The summed E-state index contributed by atoms with van der Waals surface area (Å²) in [6.07, 6.45) is 0. The van der Waals surface area contributed by atoms with E-state index in [1.807, 2.05) is 69.3 Å². The van der Waals surface area contributed by atoms with Crippen molar-refractivity contribution in [3.8, 4) is 5.75 Å². The lowest BCUT2D eigenvalue weighted by molar-refractivity contribution is 0.0971. The second-order valence-corrected chi connectivity index (χ2v) is 10.5. The molecule has 5 heteroatoms. The van der Waals surface area contributed by atoms with Gasteiger partial charge in [0.15, 0.2) is 5.43 Å². The van der Waals surface area contributed by atoms with E-state index in [2.05, 4.69) is 32.9 Å². The minimum Gasteiger partial charge on any atom is -0.494 e. The van der Waals surface area contributed by atoms with Gasteiger partial charge in [0.1, 0.15) is 11.3 Å². The first-order chi connectivity index (χ1) is 17.1. The maximum absolute atomic E-state index is 13.9. The molecule has 1 atom stereocenters. The van der Waals surface area contributed by atoms with E-state index in [0.717, 1.165) is 22.4 Å². The van der Waals surface area contributed by atoms with E-state index in [1.165, 1.54) is 5.56 Å². The van der Waals surface area contributed by atoms with Crippen LogP contribution in [0.4, 0.5) is 5.69 Å². The van der Waals surface area contributed by atoms with Crippen LogP contribution in [0.2, 0.25) is 0 Å². The molecule has 3 aromatic carbocycles. The van der Waals surface area contributed by atoms with Crippen LogP contribution in [-0.2, 0) is 5.41 Å². The number of amides is 1. The normalized spacial score (nSPS) is 15.4. The summed E-state index contributed by atoms with van der Waals surface area (Å²) in [6.45, 7) is 12.9. The Morgan fingerprint density at radius 2 is 1.56 bits per heavy atom. The Morgan fingerprint density at radius 1 is 0.917 bits per heavy atom. The standard InChI is InChI=1S/C31H31NO4/c1-7-35-23-14-12-22(13-15-23)32-27(20-8-10-21(11-9-20)31(4,5)6)26-28(33)24-16-18(2)19(3)17-25(24)36-29(26)30(32)34/h8-17,27H,7H2,1-6H3. The lowest BCUT2D eigenvalue weighted by Crippen LogP contribution is -2.29. The van der Waals surface area contributed by atoms with Gasteiger partial charge in [-0.15, -0.1) is 0 Å². The fraction of sp³-hybridized carbons (Fsp3) is 0.290. The van der Waals surface area contributed by atoms with Gasteiger partial charge in [-0.2, -0.15) is 0 Å². The van der Waals surface area contributed by atoms with Crippen molar-refractivity contribution in [3.63, 3.8) is 0 Å². The Bertz CT molecular complexity index is 1520. The summed E-state index contributed by atoms with van der Waals surface area (Å²) in [4.78, 5) is 29.4. The molecular weight excluding hydrogens is 450 g/mol. The molecule has 5 rings (SSSR count). The van der Waals surface area contributed by atoms with Crippen LogP contribution in [0.25, 0.3) is 11.0 Å². The predicted molar refractivity (Wildman–Crippen MR) is 143 cm³/mol. The van der Waals surface area contributed by atoms with Gasteiger partial charge in [-0.25, -0.2) is 0 Å². The van der Waals surface area contributed by atoms with Crippen molar-refractivity contribution >= 4 is 22.6 Å². The van der Waals surface area contributed by atoms with E-state index in [0.29, 0.717) is 28.8 Å². The SMILES string of the molecule is CCOc1ccc(N2C(=O)c3oc4cc(C)c(C)cc4c(=O)c3C2c2ccc(C(C)(C)C)cc2)cc1.